The van der Waals surface area contributed by atoms with Crippen LogP contribution in [-0.4, -0.2) is 12.2 Å². The Bertz CT molecular complexity index is 76.1. The molecule has 0 aliphatic carbocycles. The van der Waals surface area contributed by atoms with Crippen LogP contribution in [0.5, 0.6) is 0 Å². The summed E-state index contributed by atoms with van der Waals surface area (Å²) in [6.45, 7) is 4.02. The average molecular weight is 120 g/mol. The number of rotatable bonds is 1. The van der Waals surface area contributed by atoms with E-state index >= 15 is 0 Å². The van der Waals surface area contributed by atoms with Gasteiger partial charge in [-0.25, -0.2) is 0 Å². The SMILES string of the molecule is CN=C(Cl)C(C)C. The fourth-order valence-electron chi connectivity index (χ4n) is 0.258. The van der Waals surface area contributed by atoms with E-state index in [2.05, 4.69) is 4.99 Å². The molecule has 0 saturated carbocycles. The molecule has 0 saturated heterocycles. The van der Waals surface area contributed by atoms with Crippen LogP contribution in [0.1, 0.15) is 13.8 Å². The van der Waals surface area contributed by atoms with E-state index in [1.165, 1.54) is 0 Å². The summed E-state index contributed by atoms with van der Waals surface area (Å²) in [5, 5.41) is 0.694. The van der Waals surface area contributed by atoms with Gasteiger partial charge in [0.2, 0.25) is 0 Å². The zero-order chi connectivity index (χ0) is 5.86. The first-order chi connectivity index (χ1) is 3.18. The van der Waals surface area contributed by atoms with E-state index < -0.39 is 0 Å². The van der Waals surface area contributed by atoms with Crippen molar-refractivity contribution in [1.29, 1.82) is 0 Å². The molecule has 0 aliphatic heterocycles. The molecular weight excluding hydrogens is 110 g/mol. The van der Waals surface area contributed by atoms with Crippen molar-refractivity contribution in [3.63, 3.8) is 0 Å². The Labute approximate surface area is 49.4 Å². The highest BCUT2D eigenvalue weighted by molar-refractivity contribution is 6.65. The van der Waals surface area contributed by atoms with Crippen LogP contribution in [-0.2, 0) is 0 Å². The van der Waals surface area contributed by atoms with Crippen LogP contribution in [0.15, 0.2) is 4.99 Å². The van der Waals surface area contributed by atoms with Gasteiger partial charge in [0, 0.05) is 13.0 Å². The number of hydrogen-bond donors (Lipinski definition) is 0. The lowest BCUT2D eigenvalue weighted by molar-refractivity contribution is 0.896. The summed E-state index contributed by atoms with van der Waals surface area (Å²) < 4.78 is 0. The molecule has 1 nitrogen and oxygen atoms in total. The van der Waals surface area contributed by atoms with Crippen LogP contribution in [0.2, 0.25) is 0 Å². The second-order valence-electron chi connectivity index (χ2n) is 1.70. The van der Waals surface area contributed by atoms with Crippen molar-refractivity contribution in [2.45, 2.75) is 13.8 Å². The first kappa shape index (κ1) is 6.96. The lowest BCUT2D eigenvalue weighted by Crippen LogP contribution is -1.96. The summed E-state index contributed by atoms with van der Waals surface area (Å²) in [6, 6.07) is 0. The molecule has 42 valence electrons. The van der Waals surface area contributed by atoms with Crippen LogP contribution in [0, 0.1) is 5.92 Å². The summed E-state index contributed by atoms with van der Waals surface area (Å²) in [5.41, 5.74) is 0. The van der Waals surface area contributed by atoms with E-state index in [0.29, 0.717) is 11.1 Å². The topological polar surface area (TPSA) is 12.4 Å². The fraction of sp³-hybridized carbons (Fsp3) is 0.800. The van der Waals surface area contributed by atoms with Gasteiger partial charge in [-0.3, -0.25) is 4.99 Å². The average Bonchev–Trinajstić information content (AvgIpc) is 1.65. The summed E-state index contributed by atoms with van der Waals surface area (Å²) in [7, 11) is 1.70. The van der Waals surface area contributed by atoms with Gasteiger partial charge < -0.3 is 0 Å². The minimum atomic E-state index is 0.381. The molecule has 0 spiro atoms. The molecule has 0 aromatic heterocycles. The maximum atomic E-state index is 5.55. The minimum absolute atomic E-state index is 0.381. The second kappa shape index (κ2) is 3.03. The highest BCUT2D eigenvalue weighted by Gasteiger charge is 1.95. The predicted molar refractivity (Wildman–Crippen MR) is 34.0 cm³/mol. The largest absolute Gasteiger partial charge is 0.281 e. The predicted octanol–water partition coefficient (Wildman–Crippen LogP) is 1.91. The molecule has 2 heteroatoms. The highest BCUT2D eigenvalue weighted by Crippen LogP contribution is 1.99. The normalized spacial score (nSPS) is 13.0. The number of aliphatic imine (C=N–C) groups is 1. The van der Waals surface area contributed by atoms with Crippen LogP contribution in [0.4, 0.5) is 0 Å². The Morgan fingerprint density at radius 3 is 2.00 bits per heavy atom. The third-order valence-corrected chi connectivity index (χ3v) is 1.30. The quantitative estimate of drug-likeness (QED) is 0.468. The Balaban J connectivity index is 3.56. The van der Waals surface area contributed by atoms with Crippen molar-refractivity contribution in [2.24, 2.45) is 10.9 Å². The maximum absolute atomic E-state index is 5.55. The van der Waals surface area contributed by atoms with Gasteiger partial charge in [0.15, 0.2) is 0 Å². The molecule has 0 aromatic carbocycles. The summed E-state index contributed by atoms with van der Waals surface area (Å²) >= 11 is 5.55. The first-order valence-electron chi connectivity index (χ1n) is 2.30. The molecule has 0 bridgehead atoms. The molecule has 0 atom stereocenters. The summed E-state index contributed by atoms with van der Waals surface area (Å²) in [4.78, 5) is 3.77. The third-order valence-electron chi connectivity index (χ3n) is 0.690. The number of halogens is 1. The molecule has 0 rings (SSSR count). The molecule has 0 radical (unpaired) electrons. The molecule has 0 amide bonds. The Hall–Kier alpha value is -0.0400. The first-order valence-corrected chi connectivity index (χ1v) is 2.68. The molecule has 0 N–H and O–H groups in total. The van der Waals surface area contributed by atoms with Gasteiger partial charge in [0.25, 0.3) is 0 Å². The smallest absolute Gasteiger partial charge is 0.102 e. The van der Waals surface area contributed by atoms with Gasteiger partial charge in [-0.15, -0.1) is 0 Å². The second-order valence-corrected chi connectivity index (χ2v) is 2.09. The van der Waals surface area contributed by atoms with Crippen molar-refractivity contribution in [1.82, 2.24) is 0 Å². The Morgan fingerprint density at radius 1 is 1.57 bits per heavy atom. The highest BCUT2D eigenvalue weighted by atomic mass is 35.5. The number of hydrogen-bond acceptors (Lipinski definition) is 1. The lowest BCUT2D eigenvalue weighted by Gasteiger charge is -1.95. The monoisotopic (exact) mass is 119 g/mol. The van der Waals surface area contributed by atoms with Gasteiger partial charge in [-0.2, -0.15) is 0 Å². The zero-order valence-corrected chi connectivity index (χ0v) is 5.66. The summed E-state index contributed by atoms with van der Waals surface area (Å²) in [5.74, 6) is 0.381. The fourth-order valence-corrected chi connectivity index (χ4v) is 0.258. The molecular formula is C5H10ClN. The van der Waals surface area contributed by atoms with Gasteiger partial charge in [0.05, 0.1) is 0 Å². The van der Waals surface area contributed by atoms with Gasteiger partial charge in [0.1, 0.15) is 5.17 Å². The number of nitrogens with zero attached hydrogens (tertiary/aromatic N) is 1. The van der Waals surface area contributed by atoms with Crippen LogP contribution >= 0.6 is 11.6 Å². The van der Waals surface area contributed by atoms with Gasteiger partial charge >= 0.3 is 0 Å². The lowest BCUT2D eigenvalue weighted by atomic mass is 10.2. The van der Waals surface area contributed by atoms with Crippen LogP contribution < -0.4 is 0 Å². The third kappa shape index (κ3) is 2.63. The molecule has 0 fully saturated rings. The van der Waals surface area contributed by atoms with Gasteiger partial charge in [-0.05, 0) is 0 Å². The zero-order valence-electron chi connectivity index (χ0n) is 4.90. The van der Waals surface area contributed by atoms with Crippen molar-refractivity contribution in [3.8, 4) is 0 Å². The van der Waals surface area contributed by atoms with Crippen LogP contribution in [0.3, 0.4) is 0 Å². The van der Waals surface area contributed by atoms with E-state index in [9.17, 15) is 0 Å². The van der Waals surface area contributed by atoms with Crippen LogP contribution in [0.25, 0.3) is 0 Å². The van der Waals surface area contributed by atoms with Crippen molar-refractivity contribution >= 4 is 16.8 Å². The van der Waals surface area contributed by atoms with Crippen molar-refractivity contribution in [2.75, 3.05) is 7.05 Å². The Morgan fingerprint density at radius 2 is 2.00 bits per heavy atom. The van der Waals surface area contributed by atoms with Gasteiger partial charge in [-0.1, -0.05) is 25.4 Å². The molecule has 7 heavy (non-hydrogen) atoms. The van der Waals surface area contributed by atoms with E-state index in [1.54, 1.807) is 7.05 Å². The minimum Gasteiger partial charge on any atom is -0.281 e. The van der Waals surface area contributed by atoms with Crippen molar-refractivity contribution < 1.29 is 0 Å². The maximum Gasteiger partial charge on any atom is 0.102 e. The molecule has 0 aromatic rings. The molecule has 0 unspecified atom stereocenters. The van der Waals surface area contributed by atoms with Crippen molar-refractivity contribution in [3.05, 3.63) is 0 Å². The van der Waals surface area contributed by atoms with E-state index in [1.807, 2.05) is 13.8 Å². The Kier molecular flexibility index (Phi) is 3.01. The molecule has 0 heterocycles. The molecule has 0 aliphatic rings. The van der Waals surface area contributed by atoms with E-state index in [4.69, 9.17) is 11.6 Å². The van der Waals surface area contributed by atoms with E-state index in [0.717, 1.165) is 0 Å². The van der Waals surface area contributed by atoms with E-state index in [-0.39, 0.29) is 0 Å². The summed E-state index contributed by atoms with van der Waals surface area (Å²) in [6.07, 6.45) is 0. The standard InChI is InChI=1S/C5H10ClN/c1-4(2)5(6)7-3/h4H,1-3H3.